The second kappa shape index (κ2) is 5.41. The molecule has 0 spiro atoms. The Kier molecular flexibility index (Phi) is 3.84. The fourth-order valence-electron chi connectivity index (χ4n) is 1.69. The average molecular weight is 388 g/mol. The molecule has 3 rings (SSSR count). The standard InChI is InChI=1S/C13H12Br2N2S/c14-11-4-1-8(5-12(11)15)13-17-10(7-18-13)6-16-9-2-3-9/h1,4-5,7,9,16H,2-3,6H2. The van der Waals surface area contributed by atoms with Gasteiger partial charge >= 0.3 is 0 Å². The summed E-state index contributed by atoms with van der Waals surface area (Å²) in [7, 11) is 0. The van der Waals surface area contributed by atoms with Gasteiger partial charge in [-0.3, -0.25) is 0 Å². The minimum absolute atomic E-state index is 0.733. The van der Waals surface area contributed by atoms with Crippen LogP contribution in [0.5, 0.6) is 0 Å². The van der Waals surface area contributed by atoms with Gasteiger partial charge in [0, 0.05) is 32.5 Å². The van der Waals surface area contributed by atoms with Gasteiger partial charge in [0.05, 0.1) is 5.69 Å². The van der Waals surface area contributed by atoms with E-state index < -0.39 is 0 Å². The number of aromatic nitrogens is 1. The number of halogens is 2. The van der Waals surface area contributed by atoms with E-state index in [1.54, 1.807) is 11.3 Å². The Labute approximate surface area is 127 Å². The highest BCUT2D eigenvalue weighted by atomic mass is 79.9. The van der Waals surface area contributed by atoms with Crippen LogP contribution in [0.4, 0.5) is 0 Å². The largest absolute Gasteiger partial charge is 0.308 e. The molecule has 0 amide bonds. The third-order valence-corrected chi connectivity index (χ3v) is 5.69. The Morgan fingerprint density at radius 3 is 2.83 bits per heavy atom. The van der Waals surface area contributed by atoms with Gasteiger partial charge in [-0.2, -0.15) is 0 Å². The molecule has 2 nitrogen and oxygen atoms in total. The van der Waals surface area contributed by atoms with Gasteiger partial charge < -0.3 is 5.32 Å². The number of nitrogens with zero attached hydrogens (tertiary/aromatic N) is 1. The first-order valence-electron chi connectivity index (χ1n) is 5.85. The molecule has 1 fully saturated rings. The highest BCUT2D eigenvalue weighted by molar-refractivity contribution is 9.13. The first kappa shape index (κ1) is 12.8. The molecule has 1 N–H and O–H groups in total. The quantitative estimate of drug-likeness (QED) is 0.829. The normalized spacial score (nSPS) is 15.0. The summed E-state index contributed by atoms with van der Waals surface area (Å²) in [6, 6.07) is 6.97. The molecule has 18 heavy (non-hydrogen) atoms. The van der Waals surface area contributed by atoms with Gasteiger partial charge in [0.25, 0.3) is 0 Å². The van der Waals surface area contributed by atoms with Crippen LogP contribution < -0.4 is 5.32 Å². The minimum Gasteiger partial charge on any atom is -0.308 e. The fraction of sp³-hybridized carbons (Fsp3) is 0.308. The molecule has 0 unspecified atom stereocenters. The zero-order chi connectivity index (χ0) is 12.5. The molecule has 0 aliphatic heterocycles. The highest BCUT2D eigenvalue weighted by Gasteiger charge is 2.20. The molecule has 1 aliphatic rings. The molecule has 1 heterocycles. The molecule has 0 saturated heterocycles. The number of hydrogen-bond donors (Lipinski definition) is 1. The SMILES string of the molecule is Brc1ccc(-c2nc(CNC3CC3)cs2)cc1Br. The van der Waals surface area contributed by atoms with E-state index in [9.17, 15) is 0 Å². The van der Waals surface area contributed by atoms with Crippen molar-refractivity contribution in [1.82, 2.24) is 10.3 Å². The van der Waals surface area contributed by atoms with Crippen LogP contribution >= 0.6 is 43.2 Å². The van der Waals surface area contributed by atoms with E-state index in [4.69, 9.17) is 0 Å². The molecular weight excluding hydrogens is 376 g/mol. The summed E-state index contributed by atoms with van der Waals surface area (Å²) in [4.78, 5) is 4.67. The summed E-state index contributed by atoms with van der Waals surface area (Å²) in [5.41, 5.74) is 2.30. The highest BCUT2D eigenvalue weighted by Crippen LogP contribution is 2.31. The van der Waals surface area contributed by atoms with Crippen LogP contribution in [0.15, 0.2) is 32.5 Å². The maximum Gasteiger partial charge on any atom is 0.123 e. The van der Waals surface area contributed by atoms with Crippen LogP contribution in [-0.2, 0) is 6.54 Å². The van der Waals surface area contributed by atoms with Crippen LogP contribution in [0.1, 0.15) is 18.5 Å². The van der Waals surface area contributed by atoms with Gasteiger partial charge in [0.15, 0.2) is 0 Å². The van der Waals surface area contributed by atoms with E-state index >= 15 is 0 Å². The molecule has 1 aliphatic carbocycles. The smallest absolute Gasteiger partial charge is 0.123 e. The maximum absolute atomic E-state index is 4.67. The molecule has 1 aromatic carbocycles. The molecule has 94 valence electrons. The van der Waals surface area contributed by atoms with Gasteiger partial charge in [0.2, 0.25) is 0 Å². The van der Waals surface area contributed by atoms with Gasteiger partial charge in [-0.25, -0.2) is 4.98 Å². The van der Waals surface area contributed by atoms with E-state index in [0.29, 0.717) is 0 Å². The van der Waals surface area contributed by atoms with Crippen LogP contribution in [0.25, 0.3) is 10.6 Å². The second-order valence-electron chi connectivity index (χ2n) is 4.43. The second-order valence-corrected chi connectivity index (χ2v) is 6.99. The number of hydrogen-bond acceptors (Lipinski definition) is 3. The summed E-state index contributed by atoms with van der Waals surface area (Å²) in [5, 5.41) is 6.70. The third-order valence-electron chi connectivity index (χ3n) is 2.87. The predicted molar refractivity (Wildman–Crippen MR) is 82.8 cm³/mol. The third kappa shape index (κ3) is 3.02. The van der Waals surface area contributed by atoms with Gasteiger partial charge in [-0.05, 0) is 56.8 Å². The summed E-state index contributed by atoms with van der Waals surface area (Å²) >= 11 is 8.71. The lowest BCUT2D eigenvalue weighted by molar-refractivity contribution is 0.678. The van der Waals surface area contributed by atoms with Crippen molar-refractivity contribution in [3.63, 3.8) is 0 Å². The average Bonchev–Trinajstić information content (AvgIpc) is 3.08. The molecule has 0 atom stereocenters. The molecule has 2 aromatic rings. The number of nitrogens with one attached hydrogen (secondary N) is 1. The summed E-state index contributed by atoms with van der Waals surface area (Å²) < 4.78 is 2.13. The van der Waals surface area contributed by atoms with Gasteiger partial charge in [-0.1, -0.05) is 6.07 Å². The Bertz CT molecular complexity index is 564. The maximum atomic E-state index is 4.67. The fourth-order valence-corrected chi connectivity index (χ4v) is 3.13. The number of rotatable bonds is 4. The Morgan fingerprint density at radius 2 is 2.11 bits per heavy atom. The van der Waals surface area contributed by atoms with Crippen molar-refractivity contribution in [2.45, 2.75) is 25.4 Å². The molecule has 0 bridgehead atoms. The Hall–Kier alpha value is -0.230. The van der Waals surface area contributed by atoms with Crippen molar-refractivity contribution in [2.75, 3.05) is 0 Å². The van der Waals surface area contributed by atoms with Crippen LogP contribution in [0, 0.1) is 0 Å². The van der Waals surface area contributed by atoms with Gasteiger partial charge in [-0.15, -0.1) is 11.3 Å². The molecule has 5 heteroatoms. The van der Waals surface area contributed by atoms with Crippen molar-refractivity contribution in [3.05, 3.63) is 38.2 Å². The Morgan fingerprint density at radius 1 is 1.28 bits per heavy atom. The van der Waals surface area contributed by atoms with Gasteiger partial charge in [0.1, 0.15) is 5.01 Å². The van der Waals surface area contributed by atoms with E-state index in [0.717, 1.165) is 37.8 Å². The first-order chi connectivity index (χ1) is 8.72. The van der Waals surface area contributed by atoms with Crippen molar-refractivity contribution < 1.29 is 0 Å². The lowest BCUT2D eigenvalue weighted by atomic mass is 10.2. The van der Waals surface area contributed by atoms with Crippen molar-refractivity contribution in [2.24, 2.45) is 0 Å². The molecule has 1 aromatic heterocycles. The van der Waals surface area contributed by atoms with Crippen molar-refractivity contribution in [3.8, 4) is 10.6 Å². The zero-order valence-electron chi connectivity index (χ0n) is 9.62. The van der Waals surface area contributed by atoms with E-state index in [1.165, 1.54) is 12.8 Å². The lowest BCUT2D eigenvalue weighted by Crippen LogP contribution is -2.15. The zero-order valence-corrected chi connectivity index (χ0v) is 13.6. The Balaban J connectivity index is 1.76. The van der Waals surface area contributed by atoms with Crippen LogP contribution in [-0.4, -0.2) is 11.0 Å². The summed E-state index contributed by atoms with van der Waals surface area (Å²) in [6.07, 6.45) is 2.63. The molecule has 0 radical (unpaired) electrons. The lowest BCUT2D eigenvalue weighted by Gasteiger charge is -2.00. The summed E-state index contributed by atoms with van der Waals surface area (Å²) in [6.45, 7) is 0.888. The van der Waals surface area contributed by atoms with Crippen LogP contribution in [0.2, 0.25) is 0 Å². The van der Waals surface area contributed by atoms with E-state index in [2.05, 4.69) is 59.7 Å². The molecular formula is C13H12Br2N2S. The number of benzene rings is 1. The molecule has 1 saturated carbocycles. The topological polar surface area (TPSA) is 24.9 Å². The minimum atomic E-state index is 0.733. The van der Waals surface area contributed by atoms with Crippen molar-refractivity contribution in [1.29, 1.82) is 0 Å². The van der Waals surface area contributed by atoms with Crippen LogP contribution in [0.3, 0.4) is 0 Å². The monoisotopic (exact) mass is 386 g/mol. The van der Waals surface area contributed by atoms with Crippen molar-refractivity contribution >= 4 is 43.2 Å². The first-order valence-corrected chi connectivity index (χ1v) is 8.32. The van der Waals surface area contributed by atoms with E-state index in [1.807, 2.05) is 6.07 Å². The predicted octanol–water partition coefficient (Wildman–Crippen LogP) is 4.59. The number of thiazole rings is 1. The van der Waals surface area contributed by atoms with E-state index in [-0.39, 0.29) is 0 Å². The summed E-state index contributed by atoms with van der Waals surface area (Å²) in [5.74, 6) is 0.